The number of carbonyl (C=O) groups excluding carboxylic acids is 3. The molecule has 0 saturated carbocycles. The van der Waals surface area contributed by atoms with E-state index in [0.29, 0.717) is 16.9 Å². The minimum absolute atomic E-state index is 0.289. The molecule has 0 aromatic heterocycles. The second-order valence-electron chi connectivity index (χ2n) is 7.17. The van der Waals surface area contributed by atoms with Gasteiger partial charge in [-0.1, -0.05) is 24.3 Å². The summed E-state index contributed by atoms with van der Waals surface area (Å²) in [4.78, 5) is 35.7. The van der Waals surface area contributed by atoms with Crippen molar-refractivity contribution < 1.29 is 23.9 Å². The number of amides is 3. The number of alkyl carbamates (subject to hydrolysis) is 1. The number of benzene rings is 2. The van der Waals surface area contributed by atoms with Crippen LogP contribution in [0.15, 0.2) is 48.5 Å². The standard InChI is InChI=1S/C21H25N3O5/c1-21(2,3)29-20(27)24-17-8-6-5-7-16(17)23-18(25)15-11-9-14(10-12-15)13-22-19(26)28-4/h5-12H,13H2,1-4H3,(H,22,26)(H,23,25)(H,24,27). The smallest absolute Gasteiger partial charge is 0.412 e. The largest absolute Gasteiger partial charge is 0.453 e. The second kappa shape index (κ2) is 9.59. The lowest BCUT2D eigenvalue weighted by atomic mass is 10.1. The third-order valence-corrected chi connectivity index (χ3v) is 3.65. The minimum atomic E-state index is -0.632. The third kappa shape index (κ3) is 7.17. The van der Waals surface area contributed by atoms with Crippen LogP contribution < -0.4 is 16.0 Å². The van der Waals surface area contributed by atoms with E-state index in [1.165, 1.54) is 7.11 Å². The van der Waals surface area contributed by atoms with E-state index >= 15 is 0 Å². The number of methoxy groups -OCH3 is 1. The fourth-order valence-electron chi connectivity index (χ4n) is 2.33. The summed E-state index contributed by atoms with van der Waals surface area (Å²) in [5, 5.41) is 7.98. The average Bonchev–Trinajstić information content (AvgIpc) is 2.66. The number of anilines is 2. The van der Waals surface area contributed by atoms with Crippen molar-refractivity contribution in [2.24, 2.45) is 0 Å². The van der Waals surface area contributed by atoms with Gasteiger partial charge in [0.25, 0.3) is 5.91 Å². The van der Waals surface area contributed by atoms with Crippen molar-refractivity contribution in [3.05, 3.63) is 59.7 Å². The number of para-hydroxylation sites is 2. The Hall–Kier alpha value is -3.55. The maximum absolute atomic E-state index is 12.6. The molecule has 0 bridgehead atoms. The van der Waals surface area contributed by atoms with E-state index in [2.05, 4.69) is 20.7 Å². The maximum atomic E-state index is 12.6. The zero-order valence-corrected chi connectivity index (χ0v) is 16.9. The number of carbonyl (C=O) groups is 3. The van der Waals surface area contributed by atoms with Crippen molar-refractivity contribution >= 4 is 29.5 Å². The molecule has 3 N–H and O–H groups in total. The zero-order chi connectivity index (χ0) is 21.4. The molecule has 2 aromatic carbocycles. The SMILES string of the molecule is COC(=O)NCc1ccc(C(=O)Nc2ccccc2NC(=O)OC(C)(C)C)cc1. The molecule has 0 saturated heterocycles. The van der Waals surface area contributed by atoms with E-state index in [1.54, 1.807) is 69.3 Å². The van der Waals surface area contributed by atoms with Crippen LogP contribution in [-0.4, -0.2) is 30.8 Å². The number of nitrogens with one attached hydrogen (secondary N) is 3. The van der Waals surface area contributed by atoms with Crippen LogP contribution in [0.3, 0.4) is 0 Å². The first-order valence-corrected chi connectivity index (χ1v) is 8.99. The summed E-state index contributed by atoms with van der Waals surface area (Å²) in [6, 6.07) is 13.6. The number of ether oxygens (including phenoxy) is 2. The Balaban J connectivity index is 2.03. The van der Waals surface area contributed by atoms with E-state index in [0.717, 1.165) is 5.56 Å². The summed E-state index contributed by atoms with van der Waals surface area (Å²) in [5.41, 5.74) is 1.49. The molecule has 0 unspecified atom stereocenters. The molecule has 0 spiro atoms. The monoisotopic (exact) mass is 399 g/mol. The molecule has 0 aliphatic heterocycles. The Labute approximate surface area is 169 Å². The summed E-state index contributed by atoms with van der Waals surface area (Å²) < 4.78 is 9.76. The molecular formula is C21H25N3O5. The van der Waals surface area contributed by atoms with Crippen LogP contribution in [0.1, 0.15) is 36.7 Å². The molecular weight excluding hydrogens is 374 g/mol. The molecule has 3 amide bonds. The lowest BCUT2D eigenvalue weighted by Gasteiger charge is -2.20. The quantitative estimate of drug-likeness (QED) is 0.701. The number of hydrogen-bond donors (Lipinski definition) is 3. The molecule has 0 atom stereocenters. The number of rotatable bonds is 5. The normalized spacial score (nSPS) is 10.6. The lowest BCUT2D eigenvalue weighted by Crippen LogP contribution is -2.27. The molecule has 2 aromatic rings. The summed E-state index contributed by atoms with van der Waals surface area (Å²) in [7, 11) is 1.29. The van der Waals surface area contributed by atoms with Gasteiger partial charge in [-0.05, 0) is 50.6 Å². The molecule has 0 aliphatic carbocycles. The van der Waals surface area contributed by atoms with Gasteiger partial charge in [-0.2, -0.15) is 0 Å². The van der Waals surface area contributed by atoms with E-state index < -0.39 is 17.8 Å². The first-order valence-electron chi connectivity index (χ1n) is 8.99. The van der Waals surface area contributed by atoms with Crippen molar-refractivity contribution in [3.63, 3.8) is 0 Å². The van der Waals surface area contributed by atoms with Crippen LogP contribution >= 0.6 is 0 Å². The van der Waals surface area contributed by atoms with E-state index in [4.69, 9.17) is 4.74 Å². The van der Waals surface area contributed by atoms with Gasteiger partial charge in [0.1, 0.15) is 5.60 Å². The summed E-state index contributed by atoms with van der Waals surface area (Å²) in [5.74, 6) is -0.337. The average molecular weight is 399 g/mol. The van der Waals surface area contributed by atoms with E-state index in [-0.39, 0.29) is 12.5 Å². The second-order valence-corrected chi connectivity index (χ2v) is 7.17. The van der Waals surface area contributed by atoms with Gasteiger partial charge < -0.3 is 20.1 Å². The van der Waals surface area contributed by atoms with Gasteiger partial charge in [-0.25, -0.2) is 9.59 Å². The molecule has 0 heterocycles. The van der Waals surface area contributed by atoms with Crippen molar-refractivity contribution in [1.82, 2.24) is 5.32 Å². The van der Waals surface area contributed by atoms with E-state index in [9.17, 15) is 14.4 Å². The molecule has 154 valence electrons. The summed E-state index contributed by atoms with van der Waals surface area (Å²) >= 11 is 0. The Morgan fingerprint density at radius 1 is 0.862 bits per heavy atom. The third-order valence-electron chi connectivity index (χ3n) is 3.65. The zero-order valence-electron chi connectivity index (χ0n) is 16.9. The highest BCUT2D eigenvalue weighted by atomic mass is 16.6. The first kappa shape index (κ1) is 21.7. The van der Waals surface area contributed by atoms with Gasteiger partial charge in [0.05, 0.1) is 18.5 Å². The fourth-order valence-corrected chi connectivity index (χ4v) is 2.33. The molecule has 0 fully saturated rings. The highest BCUT2D eigenvalue weighted by Crippen LogP contribution is 2.23. The Morgan fingerprint density at radius 3 is 2.00 bits per heavy atom. The molecule has 8 nitrogen and oxygen atoms in total. The molecule has 0 radical (unpaired) electrons. The van der Waals surface area contributed by atoms with Crippen molar-refractivity contribution in [2.75, 3.05) is 17.7 Å². The summed E-state index contributed by atoms with van der Waals surface area (Å²) in [6.07, 6.45) is -1.14. The summed E-state index contributed by atoms with van der Waals surface area (Å²) in [6.45, 7) is 5.59. The molecule has 29 heavy (non-hydrogen) atoms. The predicted molar refractivity (Wildman–Crippen MR) is 110 cm³/mol. The maximum Gasteiger partial charge on any atom is 0.412 e. The van der Waals surface area contributed by atoms with Crippen LogP contribution in [-0.2, 0) is 16.0 Å². The van der Waals surface area contributed by atoms with Crippen LogP contribution in [0.2, 0.25) is 0 Å². The lowest BCUT2D eigenvalue weighted by molar-refractivity contribution is 0.0635. The Bertz CT molecular complexity index is 873. The van der Waals surface area contributed by atoms with Crippen LogP contribution in [0.4, 0.5) is 21.0 Å². The van der Waals surface area contributed by atoms with Crippen molar-refractivity contribution in [3.8, 4) is 0 Å². The Morgan fingerprint density at radius 2 is 1.45 bits per heavy atom. The Kier molecular flexibility index (Phi) is 7.19. The minimum Gasteiger partial charge on any atom is -0.453 e. The van der Waals surface area contributed by atoms with Crippen molar-refractivity contribution in [2.45, 2.75) is 32.9 Å². The first-order chi connectivity index (χ1) is 13.7. The highest BCUT2D eigenvalue weighted by molar-refractivity contribution is 6.06. The molecule has 8 heteroatoms. The molecule has 0 aliphatic rings. The van der Waals surface area contributed by atoms with Crippen LogP contribution in [0.5, 0.6) is 0 Å². The number of hydrogen-bond acceptors (Lipinski definition) is 5. The van der Waals surface area contributed by atoms with Gasteiger partial charge >= 0.3 is 12.2 Å². The highest BCUT2D eigenvalue weighted by Gasteiger charge is 2.17. The van der Waals surface area contributed by atoms with Gasteiger partial charge in [-0.3, -0.25) is 10.1 Å². The van der Waals surface area contributed by atoms with E-state index in [1.807, 2.05) is 0 Å². The molecule has 2 rings (SSSR count). The fraction of sp³-hybridized carbons (Fsp3) is 0.286. The van der Waals surface area contributed by atoms with Gasteiger partial charge in [0, 0.05) is 12.1 Å². The van der Waals surface area contributed by atoms with Crippen molar-refractivity contribution in [1.29, 1.82) is 0 Å². The van der Waals surface area contributed by atoms with Gasteiger partial charge in [0.2, 0.25) is 0 Å². The predicted octanol–water partition coefficient (Wildman–Crippen LogP) is 4.14. The van der Waals surface area contributed by atoms with Crippen LogP contribution in [0, 0.1) is 0 Å². The van der Waals surface area contributed by atoms with Crippen LogP contribution in [0.25, 0.3) is 0 Å². The van der Waals surface area contributed by atoms with Gasteiger partial charge in [0.15, 0.2) is 0 Å². The van der Waals surface area contributed by atoms with Gasteiger partial charge in [-0.15, -0.1) is 0 Å². The topological polar surface area (TPSA) is 106 Å².